The minimum Gasteiger partial charge on any atom is -0.302 e. The third-order valence-corrected chi connectivity index (χ3v) is 5.64. The van der Waals surface area contributed by atoms with Crippen molar-refractivity contribution in [1.29, 1.82) is 0 Å². The second-order valence-electron chi connectivity index (χ2n) is 7.03. The van der Waals surface area contributed by atoms with Crippen molar-refractivity contribution in [3.05, 3.63) is 76.6 Å². The van der Waals surface area contributed by atoms with E-state index in [1.54, 1.807) is 0 Å². The van der Waals surface area contributed by atoms with Crippen molar-refractivity contribution in [1.82, 2.24) is 9.88 Å². The molecule has 1 aromatic heterocycles. The van der Waals surface area contributed by atoms with Crippen LogP contribution in [0.4, 0.5) is 0 Å². The average molecular weight is 304 g/mol. The molecule has 0 N–H and O–H groups in total. The second kappa shape index (κ2) is 5.61. The first-order valence-corrected chi connectivity index (χ1v) is 8.60. The molecule has 1 unspecified atom stereocenters. The highest BCUT2D eigenvalue weighted by atomic mass is 15.1. The zero-order valence-electron chi connectivity index (χ0n) is 14.0. The van der Waals surface area contributed by atoms with Gasteiger partial charge in [-0.25, -0.2) is 0 Å². The molecule has 2 aromatic rings. The molecule has 0 spiro atoms. The Morgan fingerprint density at radius 3 is 2.61 bits per heavy atom. The highest BCUT2D eigenvalue weighted by Gasteiger charge is 2.39. The summed E-state index contributed by atoms with van der Waals surface area (Å²) in [7, 11) is 2.20. The van der Waals surface area contributed by atoms with Gasteiger partial charge in [-0.05, 0) is 56.0 Å². The smallest absolute Gasteiger partial charge is 0.0579 e. The molecule has 0 amide bonds. The Bertz CT molecular complexity index is 712. The minimum absolute atomic E-state index is 0.0923. The molecule has 2 heteroatoms. The Hall–Kier alpha value is -1.93. The molecule has 0 bridgehead atoms. The van der Waals surface area contributed by atoms with Crippen molar-refractivity contribution < 1.29 is 0 Å². The van der Waals surface area contributed by atoms with Crippen LogP contribution in [0.3, 0.4) is 0 Å². The molecule has 0 radical (unpaired) electrons. The summed E-state index contributed by atoms with van der Waals surface area (Å²) in [5.74, 6) is 0. The van der Waals surface area contributed by atoms with E-state index in [4.69, 9.17) is 4.98 Å². The van der Waals surface area contributed by atoms with E-state index in [2.05, 4.69) is 61.3 Å². The Morgan fingerprint density at radius 2 is 1.78 bits per heavy atom. The second-order valence-corrected chi connectivity index (χ2v) is 7.03. The van der Waals surface area contributed by atoms with E-state index in [0.29, 0.717) is 0 Å². The van der Waals surface area contributed by atoms with Crippen LogP contribution in [0.1, 0.15) is 35.7 Å². The van der Waals surface area contributed by atoms with Crippen LogP contribution in [0, 0.1) is 0 Å². The van der Waals surface area contributed by atoms with Gasteiger partial charge < -0.3 is 4.90 Å². The summed E-state index contributed by atoms with van der Waals surface area (Å²) >= 11 is 0. The highest BCUT2D eigenvalue weighted by molar-refractivity contribution is 5.53. The Morgan fingerprint density at radius 1 is 1.00 bits per heavy atom. The van der Waals surface area contributed by atoms with Crippen molar-refractivity contribution in [2.75, 3.05) is 20.1 Å². The number of hydrogen-bond donors (Lipinski definition) is 0. The summed E-state index contributed by atoms with van der Waals surface area (Å²) in [5.41, 5.74) is 7.04. The first-order valence-electron chi connectivity index (χ1n) is 8.60. The van der Waals surface area contributed by atoms with Crippen molar-refractivity contribution in [2.24, 2.45) is 0 Å². The summed E-state index contributed by atoms with van der Waals surface area (Å²) in [4.78, 5) is 7.25. The van der Waals surface area contributed by atoms with Gasteiger partial charge in [-0.2, -0.15) is 0 Å². The van der Waals surface area contributed by atoms with Gasteiger partial charge in [0.1, 0.15) is 0 Å². The number of aryl methyl sites for hydroxylation is 2. The van der Waals surface area contributed by atoms with E-state index in [0.717, 1.165) is 32.4 Å². The van der Waals surface area contributed by atoms with Crippen LogP contribution >= 0.6 is 0 Å². The van der Waals surface area contributed by atoms with Crippen molar-refractivity contribution in [3.63, 3.8) is 0 Å². The molecule has 23 heavy (non-hydrogen) atoms. The van der Waals surface area contributed by atoms with E-state index in [1.165, 1.54) is 28.0 Å². The predicted octanol–water partition coefficient (Wildman–Crippen LogP) is 3.75. The van der Waals surface area contributed by atoms with Crippen LogP contribution in [0.5, 0.6) is 0 Å². The third kappa shape index (κ3) is 2.33. The molecule has 2 aliphatic rings. The fourth-order valence-corrected chi connectivity index (χ4v) is 4.26. The van der Waals surface area contributed by atoms with Gasteiger partial charge in [-0.3, -0.25) is 4.98 Å². The SMILES string of the molecule is CN1CC=C(C2(C)c3ccccc3CCc3cccnc32)CC1. The minimum atomic E-state index is -0.0923. The topological polar surface area (TPSA) is 16.1 Å². The van der Waals surface area contributed by atoms with Gasteiger partial charge in [-0.1, -0.05) is 42.0 Å². The van der Waals surface area contributed by atoms with Gasteiger partial charge in [0.2, 0.25) is 0 Å². The Labute approximate surface area is 138 Å². The molecule has 1 atom stereocenters. The van der Waals surface area contributed by atoms with Crippen LogP contribution in [0.25, 0.3) is 0 Å². The fraction of sp³-hybridized carbons (Fsp3) is 0.381. The molecule has 1 aliphatic carbocycles. The predicted molar refractivity (Wildman–Crippen MR) is 94.7 cm³/mol. The molecule has 1 aliphatic heterocycles. The molecule has 2 heterocycles. The lowest BCUT2D eigenvalue weighted by Crippen LogP contribution is -2.35. The maximum atomic E-state index is 4.87. The van der Waals surface area contributed by atoms with Gasteiger partial charge >= 0.3 is 0 Å². The number of aromatic nitrogens is 1. The summed E-state index contributed by atoms with van der Waals surface area (Å²) < 4.78 is 0. The lowest BCUT2D eigenvalue weighted by Gasteiger charge is -2.37. The zero-order valence-corrected chi connectivity index (χ0v) is 14.0. The van der Waals surface area contributed by atoms with Crippen LogP contribution in [-0.4, -0.2) is 30.0 Å². The number of fused-ring (bicyclic) bond motifs is 2. The number of likely N-dealkylation sites (N-methyl/N-ethyl adjacent to an activating group) is 1. The maximum Gasteiger partial charge on any atom is 0.0579 e. The summed E-state index contributed by atoms with van der Waals surface area (Å²) in [5, 5.41) is 0. The van der Waals surface area contributed by atoms with E-state index >= 15 is 0 Å². The third-order valence-electron chi connectivity index (χ3n) is 5.64. The van der Waals surface area contributed by atoms with Gasteiger partial charge in [0.15, 0.2) is 0 Å². The fourth-order valence-electron chi connectivity index (χ4n) is 4.26. The largest absolute Gasteiger partial charge is 0.302 e. The number of hydrogen-bond acceptors (Lipinski definition) is 2. The first kappa shape index (κ1) is 14.6. The number of nitrogens with zero attached hydrogens (tertiary/aromatic N) is 2. The van der Waals surface area contributed by atoms with E-state index in [1.807, 2.05) is 6.20 Å². The Balaban J connectivity index is 1.96. The number of benzene rings is 1. The van der Waals surface area contributed by atoms with Crippen LogP contribution in [-0.2, 0) is 18.3 Å². The highest BCUT2D eigenvalue weighted by Crippen LogP contribution is 2.45. The first-order chi connectivity index (χ1) is 11.2. The Kier molecular flexibility index (Phi) is 3.57. The summed E-state index contributed by atoms with van der Waals surface area (Å²) in [6.07, 6.45) is 7.71. The molecule has 1 aromatic carbocycles. The number of rotatable bonds is 1. The van der Waals surface area contributed by atoms with E-state index in [-0.39, 0.29) is 5.41 Å². The van der Waals surface area contributed by atoms with E-state index < -0.39 is 0 Å². The molecule has 118 valence electrons. The van der Waals surface area contributed by atoms with Crippen molar-refractivity contribution in [3.8, 4) is 0 Å². The van der Waals surface area contributed by atoms with Gasteiger partial charge in [0.25, 0.3) is 0 Å². The van der Waals surface area contributed by atoms with Crippen LogP contribution < -0.4 is 0 Å². The summed E-state index contributed by atoms with van der Waals surface area (Å²) in [6, 6.07) is 13.3. The number of pyridine rings is 1. The monoisotopic (exact) mass is 304 g/mol. The molecular formula is C21H24N2. The molecule has 0 saturated heterocycles. The molecular weight excluding hydrogens is 280 g/mol. The lowest BCUT2D eigenvalue weighted by molar-refractivity contribution is 0.347. The zero-order chi connectivity index (χ0) is 15.9. The normalized spacial score (nSPS) is 24.3. The molecule has 0 saturated carbocycles. The molecule has 0 fully saturated rings. The maximum absolute atomic E-state index is 4.87. The summed E-state index contributed by atoms with van der Waals surface area (Å²) in [6.45, 7) is 4.56. The lowest BCUT2D eigenvalue weighted by atomic mass is 9.69. The van der Waals surface area contributed by atoms with Crippen molar-refractivity contribution in [2.45, 2.75) is 31.6 Å². The van der Waals surface area contributed by atoms with Gasteiger partial charge in [0.05, 0.1) is 11.1 Å². The molecule has 4 rings (SSSR count). The van der Waals surface area contributed by atoms with Crippen LogP contribution in [0.2, 0.25) is 0 Å². The van der Waals surface area contributed by atoms with Crippen LogP contribution in [0.15, 0.2) is 54.2 Å². The van der Waals surface area contributed by atoms with Gasteiger partial charge in [-0.15, -0.1) is 0 Å². The van der Waals surface area contributed by atoms with Crippen molar-refractivity contribution >= 4 is 0 Å². The molecule has 2 nitrogen and oxygen atoms in total. The van der Waals surface area contributed by atoms with E-state index in [9.17, 15) is 0 Å². The average Bonchev–Trinajstić information content (AvgIpc) is 2.72. The quantitative estimate of drug-likeness (QED) is 0.746. The standard InChI is InChI=1S/C21H24N2/c1-21(18-11-14-23(2)15-12-18)19-8-4-3-6-16(19)9-10-17-7-5-13-22-20(17)21/h3-8,11,13H,9-10,12,14-15H2,1-2H3. The van der Waals surface area contributed by atoms with Gasteiger partial charge in [0, 0.05) is 19.3 Å².